The monoisotopic (exact) mass is 306 g/mol. The summed E-state index contributed by atoms with van der Waals surface area (Å²) in [5, 5.41) is 0.106. The van der Waals surface area contributed by atoms with Crippen molar-refractivity contribution in [3.8, 4) is 0 Å². The zero-order valence-electron chi connectivity index (χ0n) is 12.5. The first-order valence-corrected chi connectivity index (χ1v) is 8.11. The van der Waals surface area contributed by atoms with Crippen LogP contribution in [0, 0.1) is 5.92 Å². The number of esters is 1. The van der Waals surface area contributed by atoms with Crippen molar-refractivity contribution in [2.24, 2.45) is 5.92 Å². The van der Waals surface area contributed by atoms with Crippen LogP contribution in [-0.2, 0) is 27.9 Å². The van der Waals surface area contributed by atoms with Gasteiger partial charge in [0.1, 0.15) is 11.7 Å². The zero-order valence-corrected chi connectivity index (χ0v) is 13.4. The molecule has 0 saturated heterocycles. The molecular weight excluding hydrogens is 283 g/mol. The summed E-state index contributed by atoms with van der Waals surface area (Å²) >= 11 is 0. The first-order valence-electron chi connectivity index (χ1n) is 6.56. The first kappa shape index (κ1) is 19.0. The normalized spacial score (nSPS) is 12.8. The van der Waals surface area contributed by atoms with Crippen LogP contribution < -0.4 is 0 Å². The number of hydrogen-bond donors (Lipinski definition) is 0. The molecule has 20 heavy (non-hydrogen) atoms. The molecule has 0 radical (unpaired) electrons. The van der Waals surface area contributed by atoms with Crippen LogP contribution in [0.2, 0.25) is 0 Å². The molecule has 0 fully saturated rings. The predicted octanol–water partition coefficient (Wildman–Crippen LogP) is 2.92. The van der Waals surface area contributed by atoms with Gasteiger partial charge in [-0.2, -0.15) is 0 Å². The lowest BCUT2D eigenvalue weighted by atomic mass is 10.0. The van der Waals surface area contributed by atoms with Crippen molar-refractivity contribution in [1.82, 2.24) is 0 Å². The molecule has 0 heterocycles. The molecule has 0 aliphatic heterocycles. The Morgan fingerprint density at radius 1 is 1.10 bits per heavy atom. The highest BCUT2D eigenvalue weighted by molar-refractivity contribution is 7.58. The third kappa shape index (κ3) is 5.57. The van der Waals surface area contributed by atoms with Gasteiger partial charge in [0.2, 0.25) is 0 Å². The van der Waals surface area contributed by atoms with Crippen molar-refractivity contribution in [2.45, 2.75) is 34.1 Å². The summed E-state index contributed by atoms with van der Waals surface area (Å²) in [6.45, 7) is 10.5. The van der Waals surface area contributed by atoms with Crippen LogP contribution in [0.25, 0.3) is 0 Å². The van der Waals surface area contributed by atoms with Crippen molar-refractivity contribution in [3.63, 3.8) is 0 Å². The third-order valence-corrected chi connectivity index (χ3v) is 4.64. The lowest BCUT2D eigenvalue weighted by molar-refractivity contribution is -0.150. The fraction of sp³-hybridized carbons (Fsp3) is 0.692. The summed E-state index contributed by atoms with van der Waals surface area (Å²) < 4.78 is 27.5. The number of allylic oxidation sites excluding steroid dienone is 1. The average Bonchev–Trinajstić information content (AvgIpc) is 2.35. The van der Waals surface area contributed by atoms with E-state index in [1.165, 1.54) is 6.92 Å². The lowest BCUT2D eigenvalue weighted by Gasteiger charge is -2.21. The molecule has 116 valence electrons. The molecule has 1 atom stereocenters. The van der Waals surface area contributed by atoms with Crippen LogP contribution in [0.15, 0.2) is 11.9 Å². The maximum absolute atomic E-state index is 12.4. The summed E-state index contributed by atoms with van der Waals surface area (Å²) in [6, 6.07) is 0. The van der Waals surface area contributed by atoms with E-state index in [2.05, 4.69) is 6.58 Å². The Morgan fingerprint density at radius 2 is 1.60 bits per heavy atom. The number of ketones is 1. The van der Waals surface area contributed by atoms with Crippen LogP contribution in [0.4, 0.5) is 0 Å². The Morgan fingerprint density at radius 3 is 1.95 bits per heavy atom. The average molecular weight is 306 g/mol. The third-order valence-electron chi connectivity index (χ3n) is 2.49. The second kappa shape index (κ2) is 9.06. The summed E-state index contributed by atoms with van der Waals surface area (Å²) in [5.41, 5.74) is 0. The van der Waals surface area contributed by atoms with E-state index in [0.29, 0.717) is 0 Å². The van der Waals surface area contributed by atoms with E-state index in [1.807, 2.05) is 0 Å². The number of carbonyl (C=O) groups is 2. The number of carbonyl (C=O) groups excluding carboxylic acids is 2. The van der Waals surface area contributed by atoms with Gasteiger partial charge in [0, 0.05) is 11.7 Å². The molecule has 0 spiro atoms. The molecule has 7 heteroatoms. The van der Waals surface area contributed by atoms with E-state index in [4.69, 9.17) is 13.8 Å². The minimum Gasteiger partial charge on any atom is -0.465 e. The van der Waals surface area contributed by atoms with Crippen molar-refractivity contribution in [1.29, 1.82) is 0 Å². The van der Waals surface area contributed by atoms with Gasteiger partial charge in [-0.05, 0) is 27.7 Å². The molecule has 0 saturated carbocycles. The van der Waals surface area contributed by atoms with Gasteiger partial charge in [-0.3, -0.25) is 14.2 Å². The minimum atomic E-state index is -3.52. The van der Waals surface area contributed by atoms with Gasteiger partial charge in [-0.25, -0.2) is 0 Å². The van der Waals surface area contributed by atoms with Gasteiger partial charge in [-0.15, -0.1) is 0 Å². The minimum absolute atomic E-state index is 0.106. The summed E-state index contributed by atoms with van der Waals surface area (Å²) in [7, 11) is -3.52. The van der Waals surface area contributed by atoms with E-state index in [0.717, 1.165) is 0 Å². The van der Waals surface area contributed by atoms with E-state index in [9.17, 15) is 14.2 Å². The Kier molecular flexibility index (Phi) is 8.62. The molecular formula is C13H23O6P. The Labute approximate surface area is 120 Å². The van der Waals surface area contributed by atoms with Crippen LogP contribution in [0.5, 0.6) is 0 Å². The van der Waals surface area contributed by atoms with Gasteiger partial charge in [0.25, 0.3) is 0 Å². The van der Waals surface area contributed by atoms with Crippen LogP contribution in [-0.4, -0.2) is 31.6 Å². The van der Waals surface area contributed by atoms with Crippen LogP contribution >= 0.6 is 7.60 Å². The standard InChI is InChI=1S/C13H23O6P/c1-6-17-13(15)12(11(5)14)9-10(4)20(16,18-7-2)19-8-3/h12H,4,6-9H2,1-3,5H3. The van der Waals surface area contributed by atoms with E-state index < -0.39 is 19.5 Å². The Hall–Kier alpha value is -0.970. The van der Waals surface area contributed by atoms with E-state index in [-0.39, 0.29) is 37.3 Å². The highest BCUT2D eigenvalue weighted by atomic mass is 31.2. The fourth-order valence-electron chi connectivity index (χ4n) is 1.54. The van der Waals surface area contributed by atoms with Crippen molar-refractivity contribution in [3.05, 3.63) is 11.9 Å². The highest BCUT2D eigenvalue weighted by Crippen LogP contribution is 2.57. The SMILES string of the molecule is C=C(CC(C(C)=O)C(=O)OCC)P(=O)(OCC)OCC. The topological polar surface area (TPSA) is 78.9 Å². The first-order chi connectivity index (χ1) is 9.32. The summed E-state index contributed by atoms with van der Waals surface area (Å²) in [5.74, 6) is -2.05. The molecule has 0 N–H and O–H groups in total. The predicted molar refractivity (Wildman–Crippen MR) is 75.4 cm³/mol. The van der Waals surface area contributed by atoms with Crippen LogP contribution in [0.3, 0.4) is 0 Å². The van der Waals surface area contributed by atoms with Crippen LogP contribution in [0.1, 0.15) is 34.1 Å². The van der Waals surface area contributed by atoms with E-state index in [1.54, 1.807) is 20.8 Å². The molecule has 0 bridgehead atoms. The molecule has 6 nitrogen and oxygen atoms in total. The van der Waals surface area contributed by atoms with Gasteiger partial charge in [0.05, 0.1) is 19.8 Å². The smallest absolute Gasteiger partial charge is 0.356 e. The number of hydrogen-bond acceptors (Lipinski definition) is 6. The quantitative estimate of drug-likeness (QED) is 0.351. The second-order valence-electron chi connectivity index (χ2n) is 4.02. The number of Topliss-reactive ketones (excluding diaryl/α,β-unsaturated/α-hetero) is 1. The molecule has 0 amide bonds. The highest BCUT2D eigenvalue weighted by Gasteiger charge is 2.34. The van der Waals surface area contributed by atoms with Crippen molar-refractivity contribution < 1.29 is 27.9 Å². The maximum Gasteiger partial charge on any atom is 0.356 e. The largest absolute Gasteiger partial charge is 0.465 e. The fourth-order valence-corrected chi connectivity index (χ4v) is 3.07. The Bertz CT molecular complexity index is 394. The molecule has 0 aliphatic rings. The molecule has 0 aromatic carbocycles. The number of rotatable bonds is 10. The molecule has 1 unspecified atom stereocenters. The van der Waals surface area contributed by atoms with Gasteiger partial charge in [0.15, 0.2) is 0 Å². The van der Waals surface area contributed by atoms with Gasteiger partial charge < -0.3 is 13.8 Å². The van der Waals surface area contributed by atoms with E-state index >= 15 is 0 Å². The van der Waals surface area contributed by atoms with Crippen molar-refractivity contribution in [2.75, 3.05) is 19.8 Å². The van der Waals surface area contributed by atoms with Gasteiger partial charge in [-0.1, -0.05) is 6.58 Å². The molecule has 0 aliphatic carbocycles. The molecule has 0 aromatic heterocycles. The molecule has 0 aromatic rings. The summed E-state index contributed by atoms with van der Waals surface area (Å²) in [6.07, 6.45) is -0.106. The molecule has 0 rings (SSSR count). The second-order valence-corrected chi connectivity index (χ2v) is 6.16. The summed E-state index contributed by atoms with van der Waals surface area (Å²) in [4.78, 5) is 23.2. The lowest BCUT2D eigenvalue weighted by Crippen LogP contribution is -2.25. The Balaban J connectivity index is 5.02. The maximum atomic E-state index is 12.4. The van der Waals surface area contributed by atoms with Crippen molar-refractivity contribution >= 4 is 19.3 Å². The van der Waals surface area contributed by atoms with Gasteiger partial charge >= 0.3 is 13.6 Å². The zero-order chi connectivity index (χ0) is 15.8. The number of ether oxygens (including phenoxy) is 1.